The summed E-state index contributed by atoms with van der Waals surface area (Å²) in [6.07, 6.45) is 1.71. The average molecular weight is 517 g/mol. The molecule has 0 aliphatic carbocycles. The highest BCUT2D eigenvalue weighted by molar-refractivity contribution is 7.99. The first-order valence-corrected chi connectivity index (χ1v) is 12.2. The Morgan fingerprint density at radius 2 is 1.72 bits per heavy atom. The summed E-state index contributed by atoms with van der Waals surface area (Å²) in [5.74, 6) is 0.750. The lowest BCUT2D eigenvalue weighted by Crippen LogP contribution is -2.06. The summed E-state index contributed by atoms with van der Waals surface area (Å²) in [6.45, 7) is 2.03. The lowest BCUT2D eigenvalue weighted by molar-refractivity contribution is -0.129. The van der Waals surface area contributed by atoms with E-state index in [1.807, 2.05) is 55.5 Å². The van der Waals surface area contributed by atoms with Gasteiger partial charge >= 0.3 is 5.97 Å². The third-order valence-corrected chi connectivity index (χ3v) is 6.82. The fourth-order valence-corrected chi connectivity index (χ4v) is 4.73. The molecule has 5 rings (SSSR count). The number of aryl methyl sites for hydroxylation is 1. The van der Waals surface area contributed by atoms with Crippen LogP contribution < -0.4 is 9.47 Å². The number of esters is 1. The van der Waals surface area contributed by atoms with Crippen LogP contribution in [0.3, 0.4) is 0 Å². The number of carbonyl (C=O) groups excluding carboxylic acids is 1. The Kier molecular flexibility index (Phi) is 6.67. The van der Waals surface area contributed by atoms with Gasteiger partial charge in [0.05, 0.1) is 19.7 Å². The lowest BCUT2D eigenvalue weighted by atomic mass is 10.1. The van der Waals surface area contributed by atoms with Crippen molar-refractivity contribution in [3.05, 3.63) is 94.1 Å². The summed E-state index contributed by atoms with van der Waals surface area (Å²) in [7, 11) is 3.10. The Hall–Kier alpha value is -3.81. The number of halogens is 1. The maximum atomic E-state index is 12.8. The van der Waals surface area contributed by atoms with E-state index in [0.29, 0.717) is 22.1 Å². The van der Waals surface area contributed by atoms with Gasteiger partial charge < -0.3 is 14.2 Å². The molecule has 0 saturated carbocycles. The molecular formula is C28H21ClN2O4S. The Morgan fingerprint density at radius 1 is 0.944 bits per heavy atom. The van der Waals surface area contributed by atoms with E-state index >= 15 is 0 Å². The first-order chi connectivity index (χ1) is 17.4. The number of aliphatic imine (C=N–C) groups is 1. The molecule has 0 spiro atoms. The number of fused-ring (bicyclic) bond motifs is 1. The maximum absolute atomic E-state index is 12.8. The molecule has 1 aromatic heterocycles. The van der Waals surface area contributed by atoms with Crippen molar-refractivity contribution in [1.82, 2.24) is 4.98 Å². The maximum Gasteiger partial charge on any atom is 0.363 e. The van der Waals surface area contributed by atoms with Gasteiger partial charge in [0, 0.05) is 26.4 Å². The Balaban J connectivity index is 1.57. The zero-order chi connectivity index (χ0) is 25.2. The van der Waals surface area contributed by atoms with E-state index in [2.05, 4.69) is 4.99 Å². The molecule has 1 aliphatic rings. The number of hydrogen-bond donors (Lipinski definition) is 0. The summed E-state index contributed by atoms with van der Waals surface area (Å²) in [5.41, 5.74) is 3.54. The minimum Gasteiger partial charge on any atom is -0.493 e. The highest BCUT2D eigenvalue weighted by Crippen LogP contribution is 2.34. The molecule has 0 N–H and O–H groups in total. The summed E-state index contributed by atoms with van der Waals surface area (Å²) in [6, 6.07) is 20.8. The van der Waals surface area contributed by atoms with Crippen LogP contribution in [-0.4, -0.2) is 31.1 Å². The molecule has 36 heavy (non-hydrogen) atoms. The minimum absolute atomic E-state index is 0.186. The van der Waals surface area contributed by atoms with Gasteiger partial charge in [0.15, 0.2) is 17.2 Å². The molecule has 4 aromatic rings. The molecule has 2 heterocycles. The van der Waals surface area contributed by atoms with Crippen LogP contribution in [0.1, 0.15) is 16.7 Å². The first kappa shape index (κ1) is 23.9. The molecular weight excluding hydrogens is 496 g/mol. The van der Waals surface area contributed by atoms with Gasteiger partial charge in [-0.2, -0.15) is 0 Å². The van der Waals surface area contributed by atoms with Crippen molar-refractivity contribution < 1.29 is 19.0 Å². The SMILES string of the molecule is COc1ccc(C2=NC(=Cc3cc4ccc(C)cc4nc3Sc3ccc(Cl)cc3)C(=O)O2)cc1OC. The molecule has 0 atom stereocenters. The van der Waals surface area contributed by atoms with E-state index in [9.17, 15) is 4.79 Å². The number of nitrogens with zero attached hydrogens (tertiary/aromatic N) is 2. The molecule has 0 amide bonds. The van der Waals surface area contributed by atoms with Gasteiger partial charge in [0.1, 0.15) is 5.03 Å². The van der Waals surface area contributed by atoms with Crippen molar-refractivity contribution in [3.63, 3.8) is 0 Å². The summed E-state index contributed by atoms with van der Waals surface area (Å²) >= 11 is 7.54. The second-order valence-corrected chi connectivity index (χ2v) is 9.54. The standard InChI is InChI=1S/C28H21ClN2O4S/c1-16-4-5-17-13-19(27(31-22(17)12-16)36-21-9-7-20(29)8-10-21)14-23-28(32)35-26(30-23)18-6-11-24(33-2)25(15-18)34-3/h4-15H,1-3H3. The molecule has 0 radical (unpaired) electrons. The van der Waals surface area contributed by atoms with Crippen molar-refractivity contribution >= 4 is 52.2 Å². The van der Waals surface area contributed by atoms with Gasteiger partial charge in [-0.05, 0) is 73.2 Å². The predicted molar refractivity (Wildman–Crippen MR) is 142 cm³/mol. The average Bonchev–Trinajstić information content (AvgIpc) is 3.25. The number of hydrogen-bond acceptors (Lipinski definition) is 7. The quantitative estimate of drug-likeness (QED) is 0.209. The number of methoxy groups -OCH3 is 2. The predicted octanol–water partition coefficient (Wildman–Crippen LogP) is 6.71. The van der Waals surface area contributed by atoms with Gasteiger partial charge in [0.25, 0.3) is 0 Å². The zero-order valence-electron chi connectivity index (χ0n) is 19.7. The van der Waals surface area contributed by atoms with Gasteiger partial charge in [0.2, 0.25) is 5.90 Å². The molecule has 8 heteroatoms. The Bertz CT molecular complexity index is 1550. The van der Waals surface area contributed by atoms with Crippen molar-refractivity contribution in [1.29, 1.82) is 0 Å². The van der Waals surface area contributed by atoms with E-state index in [-0.39, 0.29) is 11.6 Å². The van der Waals surface area contributed by atoms with Crippen LogP contribution in [0.15, 0.2) is 87.3 Å². The zero-order valence-corrected chi connectivity index (χ0v) is 21.3. The summed E-state index contributed by atoms with van der Waals surface area (Å²) in [5, 5.41) is 2.36. The minimum atomic E-state index is -0.536. The van der Waals surface area contributed by atoms with Gasteiger partial charge in [-0.15, -0.1) is 0 Å². The first-order valence-electron chi connectivity index (χ1n) is 11.0. The number of carbonyl (C=O) groups is 1. The van der Waals surface area contributed by atoms with E-state index in [0.717, 1.165) is 32.0 Å². The fraction of sp³-hybridized carbons (Fsp3) is 0.107. The van der Waals surface area contributed by atoms with E-state index in [1.54, 1.807) is 38.5 Å². The van der Waals surface area contributed by atoms with Crippen molar-refractivity contribution in [3.8, 4) is 11.5 Å². The largest absolute Gasteiger partial charge is 0.493 e. The van der Waals surface area contributed by atoms with Gasteiger partial charge in [-0.3, -0.25) is 0 Å². The second kappa shape index (κ2) is 10.0. The van der Waals surface area contributed by atoms with Gasteiger partial charge in [-0.1, -0.05) is 35.5 Å². The number of pyridine rings is 1. The second-order valence-electron chi connectivity index (χ2n) is 8.04. The number of aromatic nitrogens is 1. The van der Waals surface area contributed by atoms with Gasteiger partial charge in [-0.25, -0.2) is 14.8 Å². The lowest BCUT2D eigenvalue weighted by Gasteiger charge is -2.09. The summed E-state index contributed by atoms with van der Waals surface area (Å²) < 4.78 is 16.1. The monoisotopic (exact) mass is 516 g/mol. The van der Waals surface area contributed by atoms with Crippen molar-refractivity contribution in [2.24, 2.45) is 4.99 Å². The molecule has 3 aromatic carbocycles. The van der Waals surface area contributed by atoms with Crippen LogP contribution in [-0.2, 0) is 9.53 Å². The molecule has 180 valence electrons. The number of benzene rings is 3. The fourth-order valence-electron chi connectivity index (χ4n) is 3.72. The van der Waals surface area contributed by atoms with Crippen molar-refractivity contribution in [2.75, 3.05) is 14.2 Å². The molecule has 0 fully saturated rings. The number of ether oxygens (including phenoxy) is 3. The Labute approximate surface area is 217 Å². The third kappa shape index (κ3) is 4.94. The van der Waals surface area contributed by atoms with E-state index in [4.69, 9.17) is 30.8 Å². The molecule has 1 aliphatic heterocycles. The van der Waals surface area contributed by atoms with Crippen LogP contribution in [0.4, 0.5) is 0 Å². The Morgan fingerprint density at radius 3 is 2.47 bits per heavy atom. The number of cyclic esters (lactones) is 1. The smallest absolute Gasteiger partial charge is 0.363 e. The van der Waals surface area contributed by atoms with Crippen LogP contribution in [0.5, 0.6) is 11.5 Å². The molecule has 0 unspecified atom stereocenters. The van der Waals surface area contributed by atoms with E-state index in [1.165, 1.54) is 11.8 Å². The van der Waals surface area contributed by atoms with E-state index < -0.39 is 5.97 Å². The van der Waals surface area contributed by atoms with Crippen LogP contribution >= 0.6 is 23.4 Å². The molecule has 6 nitrogen and oxygen atoms in total. The number of rotatable bonds is 6. The van der Waals surface area contributed by atoms with Crippen molar-refractivity contribution in [2.45, 2.75) is 16.8 Å². The van der Waals surface area contributed by atoms with Crippen LogP contribution in [0.2, 0.25) is 5.02 Å². The van der Waals surface area contributed by atoms with Crippen LogP contribution in [0.25, 0.3) is 17.0 Å². The normalized spacial score (nSPS) is 14.2. The summed E-state index contributed by atoms with van der Waals surface area (Å²) in [4.78, 5) is 23.1. The molecule has 0 bridgehead atoms. The highest BCUT2D eigenvalue weighted by atomic mass is 35.5. The molecule has 0 saturated heterocycles. The van der Waals surface area contributed by atoms with Crippen LogP contribution in [0, 0.1) is 6.92 Å². The third-order valence-electron chi connectivity index (χ3n) is 5.54. The highest BCUT2D eigenvalue weighted by Gasteiger charge is 2.25. The topological polar surface area (TPSA) is 70.0 Å².